The van der Waals surface area contributed by atoms with Crippen LogP contribution in [-0.2, 0) is 16.1 Å². The van der Waals surface area contributed by atoms with Crippen molar-refractivity contribution in [1.29, 1.82) is 0 Å². The molecule has 1 fully saturated rings. The van der Waals surface area contributed by atoms with Crippen molar-refractivity contribution < 1.29 is 19.4 Å². The highest BCUT2D eigenvalue weighted by Gasteiger charge is 2.37. The fourth-order valence-corrected chi connectivity index (χ4v) is 3.01. The Bertz CT molecular complexity index is 622. The van der Waals surface area contributed by atoms with E-state index in [1.165, 1.54) is 0 Å². The standard InChI is InChI=1S/C17H28N4O4/c1-12-6-18-20(7-12)9-14-10-21(16(24)25-17(3,4)5)13(2)8-19(14)11-15(22)23/h6-7,13-14H,8-11H2,1-5H3,(H,22,23)/t13-,14+/m1/s1. The van der Waals surface area contributed by atoms with E-state index in [1.54, 1.807) is 15.8 Å². The Hall–Kier alpha value is -2.09. The van der Waals surface area contributed by atoms with Gasteiger partial charge in [0.15, 0.2) is 0 Å². The number of carbonyl (C=O) groups excluding carboxylic acids is 1. The number of carboxylic acid groups (broad SMARTS) is 1. The molecule has 140 valence electrons. The van der Waals surface area contributed by atoms with E-state index in [4.69, 9.17) is 4.74 Å². The van der Waals surface area contributed by atoms with Crippen LogP contribution in [-0.4, -0.2) is 74.1 Å². The molecule has 8 heteroatoms. The van der Waals surface area contributed by atoms with Crippen molar-refractivity contribution in [3.05, 3.63) is 18.0 Å². The molecule has 0 unspecified atom stereocenters. The van der Waals surface area contributed by atoms with E-state index in [-0.39, 0.29) is 24.7 Å². The molecule has 0 aliphatic carbocycles. The zero-order valence-electron chi connectivity index (χ0n) is 15.6. The number of nitrogens with zero attached hydrogens (tertiary/aromatic N) is 4. The van der Waals surface area contributed by atoms with Crippen LogP contribution in [0.5, 0.6) is 0 Å². The third-order valence-corrected chi connectivity index (χ3v) is 4.08. The molecule has 2 rings (SSSR count). The minimum atomic E-state index is -0.875. The van der Waals surface area contributed by atoms with Gasteiger partial charge in [-0.15, -0.1) is 0 Å². The van der Waals surface area contributed by atoms with Crippen LogP contribution in [0.15, 0.2) is 12.4 Å². The van der Waals surface area contributed by atoms with E-state index in [0.29, 0.717) is 19.6 Å². The molecule has 1 aromatic heterocycles. The number of ether oxygens (including phenoxy) is 1. The van der Waals surface area contributed by atoms with Crippen molar-refractivity contribution in [1.82, 2.24) is 19.6 Å². The monoisotopic (exact) mass is 352 g/mol. The number of carbonyl (C=O) groups is 2. The van der Waals surface area contributed by atoms with E-state index in [9.17, 15) is 14.7 Å². The molecule has 1 saturated heterocycles. The summed E-state index contributed by atoms with van der Waals surface area (Å²) >= 11 is 0. The quantitative estimate of drug-likeness (QED) is 0.885. The van der Waals surface area contributed by atoms with Crippen LogP contribution in [0, 0.1) is 6.92 Å². The van der Waals surface area contributed by atoms with Gasteiger partial charge in [0, 0.05) is 31.4 Å². The van der Waals surface area contributed by atoms with Gasteiger partial charge < -0.3 is 14.7 Å². The second kappa shape index (κ2) is 7.43. The van der Waals surface area contributed by atoms with Crippen LogP contribution in [0.3, 0.4) is 0 Å². The third-order valence-electron chi connectivity index (χ3n) is 4.08. The van der Waals surface area contributed by atoms with Gasteiger partial charge in [-0.1, -0.05) is 0 Å². The summed E-state index contributed by atoms with van der Waals surface area (Å²) in [6.07, 6.45) is 3.31. The summed E-state index contributed by atoms with van der Waals surface area (Å²) in [6.45, 7) is 10.7. The Morgan fingerprint density at radius 3 is 2.56 bits per heavy atom. The van der Waals surface area contributed by atoms with Crippen molar-refractivity contribution in [3.8, 4) is 0 Å². The summed E-state index contributed by atoms with van der Waals surface area (Å²) in [6, 6.07) is -0.260. The SMILES string of the molecule is Cc1cnn(C[C@H]2CN(C(=O)OC(C)(C)C)[C@H](C)CN2CC(=O)O)c1. The van der Waals surface area contributed by atoms with Crippen LogP contribution in [0.25, 0.3) is 0 Å². The number of hydrogen-bond acceptors (Lipinski definition) is 5. The lowest BCUT2D eigenvalue weighted by atomic mass is 10.1. The van der Waals surface area contributed by atoms with Gasteiger partial charge in [0.2, 0.25) is 0 Å². The lowest BCUT2D eigenvalue weighted by Gasteiger charge is -2.44. The van der Waals surface area contributed by atoms with Gasteiger partial charge in [-0.05, 0) is 40.2 Å². The van der Waals surface area contributed by atoms with Crippen LogP contribution in [0.4, 0.5) is 4.79 Å². The number of rotatable bonds is 4. The highest BCUT2D eigenvalue weighted by Crippen LogP contribution is 2.20. The number of carboxylic acids is 1. The molecule has 2 heterocycles. The average Bonchev–Trinajstić information content (AvgIpc) is 2.84. The summed E-state index contributed by atoms with van der Waals surface area (Å²) in [7, 11) is 0. The Labute approximate surface area is 148 Å². The minimum Gasteiger partial charge on any atom is -0.480 e. The van der Waals surface area contributed by atoms with E-state index in [0.717, 1.165) is 5.56 Å². The number of amides is 1. The summed E-state index contributed by atoms with van der Waals surface area (Å²) in [5.41, 5.74) is 0.474. The molecular weight excluding hydrogens is 324 g/mol. The van der Waals surface area contributed by atoms with Gasteiger partial charge >= 0.3 is 12.1 Å². The maximum absolute atomic E-state index is 12.5. The third kappa shape index (κ3) is 5.45. The van der Waals surface area contributed by atoms with Gasteiger partial charge in [0.05, 0.1) is 19.3 Å². The largest absolute Gasteiger partial charge is 0.480 e. The maximum atomic E-state index is 12.5. The summed E-state index contributed by atoms with van der Waals surface area (Å²) in [4.78, 5) is 27.3. The van der Waals surface area contributed by atoms with Crippen LogP contribution in [0.2, 0.25) is 0 Å². The summed E-state index contributed by atoms with van der Waals surface area (Å²) in [5.74, 6) is -0.875. The normalized spacial score (nSPS) is 22.0. The number of aliphatic carboxylic acids is 1. The predicted molar refractivity (Wildman–Crippen MR) is 92.4 cm³/mol. The Balaban J connectivity index is 2.15. The molecule has 0 radical (unpaired) electrons. The highest BCUT2D eigenvalue weighted by molar-refractivity contribution is 5.70. The molecule has 0 aromatic carbocycles. The molecule has 1 aliphatic rings. The molecule has 0 spiro atoms. The molecular formula is C17H28N4O4. The van der Waals surface area contributed by atoms with Crippen molar-refractivity contribution in [2.45, 2.75) is 58.8 Å². The van der Waals surface area contributed by atoms with Gasteiger partial charge in [-0.25, -0.2) is 4.79 Å². The summed E-state index contributed by atoms with van der Waals surface area (Å²) in [5, 5.41) is 13.5. The Morgan fingerprint density at radius 1 is 1.36 bits per heavy atom. The van der Waals surface area contributed by atoms with Gasteiger partial charge in [0.25, 0.3) is 0 Å². The smallest absolute Gasteiger partial charge is 0.410 e. The lowest BCUT2D eigenvalue weighted by molar-refractivity contribution is -0.140. The zero-order valence-corrected chi connectivity index (χ0v) is 15.6. The molecule has 1 N–H and O–H groups in total. The van der Waals surface area contributed by atoms with Crippen LogP contribution in [0.1, 0.15) is 33.3 Å². The predicted octanol–water partition coefficient (Wildman–Crippen LogP) is 1.59. The van der Waals surface area contributed by atoms with Crippen molar-refractivity contribution >= 4 is 12.1 Å². The fraction of sp³-hybridized carbons (Fsp3) is 0.706. The van der Waals surface area contributed by atoms with Crippen LogP contribution >= 0.6 is 0 Å². The Morgan fingerprint density at radius 2 is 2.04 bits per heavy atom. The fourth-order valence-electron chi connectivity index (χ4n) is 3.01. The minimum absolute atomic E-state index is 0.0581. The molecule has 2 atom stereocenters. The number of aromatic nitrogens is 2. The number of piperazine rings is 1. The van der Waals surface area contributed by atoms with E-state index >= 15 is 0 Å². The highest BCUT2D eigenvalue weighted by atomic mass is 16.6. The van der Waals surface area contributed by atoms with E-state index in [1.807, 2.05) is 45.7 Å². The molecule has 0 saturated carbocycles. The van der Waals surface area contributed by atoms with E-state index in [2.05, 4.69) is 5.10 Å². The maximum Gasteiger partial charge on any atom is 0.410 e. The first-order valence-corrected chi connectivity index (χ1v) is 8.49. The molecule has 8 nitrogen and oxygen atoms in total. The number of aryl methyl sites for hydroxylation is 1. The molecule has 1 aromatic rings. The summed E-state index contributed by atoms with van der Waals surface area (Å²) < 4.78 is 7.29. The first-order chi connectivity index (χ1) is 11.5. The first-order valence-electron chi connectivity index (χ1n) is 8.49. The molecule has 0 bridgehead atoms. The molecule has 1 aliphatic heterocycles. The second-order valence-electron chi connectivity index (χ2n) is 7.70. The van der Waals surface area contributed by atoms with Crippen molar-refractivity contribution in [2.24, 2.45) is 0 Å². The lowest BCUT2D eigenvalue weighted by Crippen LogP contribution is -2.61. The second-order valence-corrected chi connectivity index (χ2v) is 7.70. The van der Waals surface area contributed by atoms with Gasteiger partial charge in [0.1, 0.15) is 5.60 Å². The van der Waals surface area contributed by atoms with Crippen LogP contribution < -0.4 is 0 Å². The van der Waals surface area contributed by atoms with Crippen molar-refractivity contribution in [3.63, 3.8) is 0 Å². The van der Waals surface area contributed by atoms with Crippen molar-refractivity contribution in [2.75, 3.05) is 19.6 Å². The molecule has 1 amide bonds. The number of hydrogen-bond donors (Lipinski definition) is 1. The Kier molecular flexibility index (Phi) is 5.72. The average molecular weight is 352 g/mol. The topological polar surface area (TPSA) is 87.9 Å². The molecule has 25 heavy (non-hydrogen) atoms. The first kappa shape index (κ1) is 19.2. The van der Waals surface area contributed by atoms with Gasteiger partial charge in [-0.2, -0.15) is 5.10 Å². The zero-order chi connectivity index (χ0) is 18.8. The van der Waals surface area contributed by atoms with E-state index < -0.39 is 11.6 Å². The van der Waals surface area contributed by atoms with Gasteiger partial charge in [-0.3, -0.25) is 14.4 Å².